The van der Waals surface area contributed by atoms with Gasteiger partial charge in [-0.15, -0.1) is 0 Å². The van der Waals surface area contributed by atoms with Gasteiger partial charge in [-0.25, -0.2) is 4.39 Å². The maximum Gasteiger partial charge on any atom is 0.242 e. The smallest absolute Gasteiger partial charge is 0.242 e. The zero-order valence-electron chi connectivity index (χ0n) is 12.9. The number of nitrogens with one attached hydrogen (secondary N) is 2. The summed E-state index contributed by atoms with van der Waals surface area (Å²) in [6.45, 7) is 8.09. The molecule has 1 unspecified atom stereocenters. The lowest BCUT2D eigenvalue weighted by atomic mass is 10.0. The molecule has 2 rings (SSSR count). The molecule has 5 heteroatoms. The first kappa shape index (κ1) is 15.8. The van der Waals surface area contributed by atoms with Crippen molar-refractivity contribution in [3.63, 3.8) is 0 Å². The zero-order chi connectivity index (χ0) is 15.4. The summed E-state index contributed by atoms with van der Waals surface area (Å²) in [5.41, 5.74) is 1.85. The summed E-state index contributed by atoms with van der Waals surface area (Å²) in [5, 5.41) is 6.21. The fraction of sp³-hybridized carbons (Fsp3) is 0.562. The van der Waals surface area contributed by atoms with Crippen molar-refractivity contribution in [3.8, 4) is 0 Å². The molecule has 1 aromatic rings. The highest BCUT2D eigenvalue weighted by atomic mass is 19.1. The van der Waals surface area contributed by atoms with Gasteiger partial charge in [0.15, 0.2) is 0 Å². The van der Waals surface area contributed by atoms with Crippen LogP contribution in [-0.4, -0.2) is 31.1 Å². The molecule has 1 aromatic carbocycles. The predicted octanol–water partition coefficient (Wildman–Crippen LogP) is 2.04. The Morgan fingerprint density at radius 3 is 2.90 bits per heavy atom. The quantitative estimate of drug-likeness (QED) is 0.873. The van der Waals surface area contributed by atoms with Gasteiger partial charge in [-0.1, -0.05) is 20.8 Å². The highest BCUT2D eigenvalue weighted by Gasteiger charge is 2.29. The Morgan fingerprint density at radius 1 is 1.48 bits per heavy atom. The van der Waals surface area contributed by atoms with E-state index in [-0.39, 0.29) is 17.8 Å². The van der Waals surface area contributed by atoms with Gasteiger partial charge in [0.25, 0.3) is 0 Å². The number of nitrogens with zero attached hydrogens (tertiary/aromatic N) is 1. The summed E-state index contributed by atoms with van der Waals surface area (Å²) < 4.78 is 13.6. The molecule has 0 spiro atoms. The topological polar surface area (TPSA) is 44.4 Å². The van der Waals surface area contributed by atoms with E-state index in [1.54, 1.807) is 12.1 Å². The second-order valence-electron chi connectivity index (χ2n) is 5.72. The number of piperazine rings is 1. The third kappa shape index (κ3) is 3.73. The summed E-state index contributed by atoms with van der Waals surface area (Å²) in [6, 6.07) is 4.96. The average molecular weight is 293 g/mol. The van der Waals surface area contributed by atoms with Gasteiger partial charge in [0.05, 0.1) is 0 Å². The number of hydrogen-bond acceptors (Lipinski definition) is 3. The maximum absolute atomic E-state index is 13.6. The van der Waals surface area contributed by atoms with Gasteiger partial charge in [0, 0.05) is 31.4 Å². The molecule has 21 heavy (non-hydrogen) atoms. The van der Waals surface area contributed by atoms with Crippen LogP contribution in [0.3, 0.4) is 0 Å². The Bertz CT molecular complexity index is 504. The predicted molar refractivity (Wildman–Crippen MR) is 82.8 cm³/mol. The Balaban J connectivity index is 2.30. The van der Waals surface area contributed by atoms with E-state index in [9.17, 15) is 9.18 Å². The molecular weight excluding hydrogens is 269 g/mol. The monoisotopic (exact) mass is 293 g/mol. The number of benzene rings is 1. The van der Waals surface area contributed by atoms with E-state index in [0.717, 1.165) is 24.2 Å². The van der Waals surface area contributed by atoms with Crippen molar-refractivity contribution in [2.24, 2.45) is 0 Å². The van der Waals surface area contributed by atoms with Crippen molar-refractivity contribution < 1.29 is 9.18 Å². The van der Waals surface area contributed by atoms with Gasteiger partial charge < -0.3 is 15.5 Å². The number of rotatable bonds is 5. The lowest BCUT2D eigenvalue weighted by Gasteiger charge is -2.37. The van der Waals surface area contributed by atoms with Crippen LogP contribution in [0.5, 0.6) is 0 Å². The van der Waals surface area contributed by atoms with Crippen LogP contribution < -0.4 is 15.5 Å². The second-order valence-corrected chi connectivity index (χ2v) is 5.72. The molecule has 4 nitrogen and oxygen atoms in total. The molecule has 116 valence electrons. The number of amides is 1. The van der Waals surface area contributed by atoms with E-state index in [0.29, 0.717) is 19.1 Å². The molecule has 0 saturated carbocycles. The minimum atomic E-state index is -0.242. The van der Waals surface area contributed by atoms with Crippen LogP contribution in [-0.2, 0) is 11.3 Å². The molecule has 1 saturated heterocycles. The van der Waals surface area contributed by atoms with Crippen LogP contribution in [0.25, 0.3) is 0 Å². The Morgan fingerprint density at radius 2 is 2.24 bits per heavy atom. The van der Waals surface area contributed by atoms with Crippen molar-refractivity contribution in [2.45, 2.75) is 45.8 Å². The molecule has 0 aliphatic carbocycles. The fourth-order valence-corrected chi connectivity index (χ4v) is 2.70. The Kier molecular flexibility index (Phi) is 5.17. The van der Waals surface area contributed by atoms with Crippen LogP contribution in [0, 0.1) is 5.82 Å². The number of hydrogen-bond donors (Lipinski definition) is 2. The SMILES string of the molecule is CCC1C(=O)NCCN1c1ccc(F)cc1CNC(C)C. The second kappa shape index (κ2) is 6.89. The minimum absolute atomic E-state index is 0.0517. The van der Waals surface area contributed by atoms with Crippen LogP contribution in [0.4, 0.5) is 10.1 Å². The van der Waals surface area contributed by atoms with Crippen LogP contribution in [0.15, 0.2) is 18.2 Å². The highest BCUT2D eigenvalue weighted by Crippen LogP contribution is 2.26. The van der Waals surface area contributed by atoms with Crippen LogP contribution in [0.2, 0.25) is 0 Å². The highest BCUT2D eigenvalue weighted by molar-refractivity contribution is 5.86. The third-order valence-corrected chi connectivity index (χ3v) is 3.77. The summed E-state index contributed by atoms with van der Waals surface area (Å²) >= 11 is 0. The van der Waals surface area contributed by atoms with Gasteiger partial charge in [-0.05, 0) is 30.2 Å². The maximum atomic E-state index is 13.6. The molecule has 1 fully saturated rings. The number of anilines is 1. The lowest BCUT2D eigenvalue weighted by Crippen LogP contribution is -2.55. The molecule has 1 atom stereocenters. The van der Waals surface area contributed by atoms with Gasteiger partial charge in [-0.2, -0.15) is 0 Å². The normalized spacial score (nSPS) is 19.0. The van der Waals surface area contributed by atoms with E-state index < -0.39 is 0 Å². The van der Waals surface area contributed by atoms with Crippen molar-refractivity contribution in [2.75, 3.05) is 18.0 Å². The van der Waals surface area contributed by atoms with E-state index in [1.165, 1.54) is 6.07 Å². The summed E-state index contributed by atoms with van der Waals surface area (Å²) in [6.07, 6.45) is 0.736. The molecule has 1 aliphatic rings. The Labute approximate surface area is 125 Å². The van der Waals surface area contributed by atoms with Crippen LogP contribution in [0.1, 0.15) is 32.8 Å². The number of carbonyl (C=O) groups excluding carboxylic acids is 1. The van der Waals surface area contributed by atoms with Gasteiger partial charge >= 0.3 is 0 Å². The standard InChI is InChI=1S/C16H24FN3O/c1-4-14-16(21)18-7-8-20(14)15-6-5-13(17)9-12(15)10-19-11(2)3/h5-6,9,11,14,19H,4,7-8,10H2,1-3H3,(H,18,21). The molecule has 1 amide bonds. The van der Waals surface area contributed by atoms with Crippen molar-refractivity contribution in [1.82, 2.24) is 10.6 Å². The number of halogens is 1. The van der Waals surface area contributed by atoms with Gasteiger partial charge in [0.2, 0.25) is 5.91 Å². The van der Waals surface area contributed by atoms with Crippen LogP contribution >= 0.6 is 0 Å². The van der Waals surface area contributed by atoms with E-state index in [1.807, 2.05) is 6.92 Å². The average Bonchev–Trinajstić information content (AvgIpc) is 2.45. The first-order chi connectivity index (χ1) is 10.0. The summed E-state index contributed by atoms with van der Waals surface area (Å²) in [4.78, 5) is 14.1. The van der Waals surface area contributed by atoms with Gasteiger partial charge in [0.1, 0.15) is 11.9 Å². The van der Waals surface area contributed by atoms with E-state index in [4.69, 9.17) is 0 Å². The molecule has 1 aliphatic heterocycles. The van der Waals surface area contributed by atoms with E-state index >= 15 is 0 Å². The van der Waals surface area contributed by atoms with Crippen molar-refractivity contribution in [3.05, 3.63) is 29.6 Å². The Hall–Kier alpha value is -1.62. The summed E-state index contributed by atoms with van der Waals surface area (Å²) in [5.74, 6) is -0.190. The largest absolute Gasteiger partial charge is 0.357 e. The molecule has 0 radical (unpaired) electrons. The molecule has 1 heterocycles. The molecule has 0 bridgehead atoms. The minimum Gasteiger partial charge on any atom is -0.357 e. The first-order valence-corrected chi connectivity index (χ1v) is 7.59. The molecular formula is C16H24FN3O. The lowest BCUT2D eigenvalue weighted by molar-refractivity contribution is -0.123. The summed E-state index contributed by atoms with van der Waals surface area (Å²) in [7, 11) is 0. The third-order valence-electron chi connectivity index (χ3n) is 3.77. The van der Waals surface area contributed by atoms with Crippen molar-refractivity contribution >= 4 is 11.6 Å². The van der Waals surface area contributed by atoms with Crippen molar-refractivity contribution in [1.29, 1.82) is 0 Å². The fourth-order valence-electron chi connectivity index (χ4n) is 2.70. The molecule has 0 aromatic heterocycles. The first-order valence-electron chi connectivity index (χ1n) is 7.59. The van der Waals surface area contributed by atoms with E-state index in [2.05, 4.69) is 29.4 Å². The molecule has 2 N–H and O–H groups in total. The number of carbonyl (C=O) groups is 1. The zero-order valence-corrected chi connectivity index (χ0v) is 12.9. The van der Waals surface area contributed by atoms with Gasteiger partial charge in [-0.3, -0.25) is 4.79 Å².